The number of aliphatic imine (C=N–C) groups is 2. The predicted molar refractivity (Wildman–Crippen MR) is 200 cm³/mol. The van der Waals surface area contributed by atoms with Crippen molar-refractivity contribution in [3.8, 4) is 23.0 Å². The number of hydrogen-bond acceptors (Lipinski definition) is 6. The highest BCUT2D eigenvalue weighted by molar-refractivity contribution is 5.85. The van der Waals surface area contributed by atoms with Crippen LogP contribution in [0.5, 0.6) is 23.0 Å². The average Bonchev–Trinajstić information content (AvgIpc) is 3.07. The van der Waals surface area contributed by atoms with Crippen molar-refractivity contribution in [2.45, 2.75) is 155 Å². The van der Waals surface area contributed by atoms with Gasteiger partial charge in [-0.2, -0.15) is 0 Å². The number of phenolic OH excluding ortho intramolecular Hbond substituents is 2. The van der Waals surface area contributed by atoms with Crippen molar-refractivity contribution in [2.24, 2.45) is 9.98 Å². The van der Waals surface area contributed by atoms with Crippen LogP contribution < -0.4 is 9.47 Å². The van der Waals surface area contributed by atoms with Gasteiger partial charge in [-0.1, -0.05) is 129 Å². The molecule has 0 aromatic heterocycles. The summed E-state index contributed by atoms with van der Waals surface area (Å²) in [6.07, 6.45) is 29.3. The fourth-order valence-corrected chi connectivity index (χ4v) is 5.57. The zero-order valence-electron chi connectivity index (χ0n) is 30.1. The van der Waals surface area contributed by atoms with Crippen LogP contribution in [0.2, 0.25) is 0 Å². The number of nitrogens with zero attached hydrogens (tertiary/aromatic N) is 2. The molecule has 0 aliphatic carbocycles. The Bertz CT molecular complexity index is 1120. The Morgan fingerprint density at radius 2 is 0.936 bits per heavy atom. The van der Waals surface area contributed by atoms with Gasteiger partial charge in [-0.05, 0) is 56.2 Å². The fraction of sp³-hybridized carbons (Fsp3) is 0.659. The Labute approximate surface area is 287 Å². The Morgan fingerprint density at radius 1 is 0.553 bits per heavy atom. The highest BCUT2D eigenvalue weighted by Gasteiger charge is 2.05. The first kappa shape index (κ1) is 40.2. The Hall–Kier alpha value is -3.02. The third-order valence-electron chi connectivity index (χ3n) is 8.60. The van der Waals surface area contributed by atoms with Crippen LogP contribution >= 0.6 is 0 Å². The zero-order valence-corrected chi connectivity index (χ0v) is 30.1. The first-order valence-corrected chi connectivity index (χ1v) is 19.0. The summed E-state index contributed by atoms with van der Waals surface area (Å²) >= 11 is 0. The highest BCUT2D eigenvalue weighted by Crippen LogP contribution is 2.23. The van der Waals surface area contributed by atoms with Crippen molar-refractivity contribution < 1.29 is 19.7 Å². The fourth-order valence-electron chi connectivity index (χ4n) is 5.57. The normalized spacial score (nSPS) is 12.3. The molecule has 264 valence electrons. The van der Waals surface area contributed by atoms with Gasteiger partial charge < -0.3 is 19.7 Å². The minimum atomic E-state index is -0.0974. The molecule has 2 aromatic carbocycles. The molecular formula is C41H66N2O4. The molecule has 0 saturated heterocycles. The second-order valence-corrected chi connectivity index (χ2v) is 13.1. The molecule has 0 spiro atoms. The smallest absolute Gasteiger partial charge is 0.124 e. The molecule has 2 N–H and O–H groups in total. The summed E-state index contributed by atoms with van der Waals surface area (Å²) in [5, 5.41) is 20.6. The molecule has 0 fully saturated rings. The van der Waals surface area contributed by atoms with Crippen LogP contribution in [-0.2, 0) is 0 Å². The lowest BCUT2D eigenvalue weighted by Crippen LogP contribution is -2.04. The molecule has 1 unspecified atom stereocenters. The lowest BCUT2D eigenvalue weighted by molar-refractivity contribution is 0.303. The van der Waals surface area contributed by atoms with Crippen molar-refractivity contribution in [2.75, 3.05) is 19.8 Å². The van der Waals surface area contributed by atoms with Crippen LogP contribution in [-0.4, -0.2) is 48.4 Å². The van der Waals surface area contributed by atoms with E-state index in [0.29, 0.717) is 30.9 Å². The largest absolute Gasteiger partial charge is 0.507 e. The molecule has 0 saturated carbocycles. The van der Waals surface area contributed by atoms with Gasteiger partial charge >= 0.3 is 0 Å². The van der Waals surface area contributed by atoms with Crippen LogP contribution in [0.3, 0.4) is 0 Å². The molecule has 6 nitrogen and oxygen atoms in total. The number of hydrogen-bond donors (Lipinski definition) is 2. The van der Waals surface area contributed by atoms with E-state index < -0.39 is 0 Å². The molecule has 0 aliphatic rings. The minimum absolute atomic E-state index is 0.0974. The summed E-state index contributed by atoms with van der Waals surface area (Å²) in [4.78, 5) is 9.09. The van der Waals surface area contributed by atoms with Crippen LogP contribution in [0.15, 0.2) is 46.4 Å². The first-order chi connectivity index (χ1) is 23.0. The van der Waals surface area contributed by atoms with E-state index in [0.717, 1.165) is 24.3 Å². The van der Waals surface area contributed by atoms with Gasteiger partial charge in [0.25, 0.3) is 0 Å². The number of aromatic hydroxyl groups is 2. The maximum absolute atomic E-state index is 10.3. The average molecular weight is 651 g/mol. The highest BCUT2D eigenvalue weighted by atomic mass is 16.5. The number of rotatable bonds is 29. The zero-order chi connectivity index (χ0) is 33.8. The van der Waals surface area contributed by atoms with Gasteiger partial charge in [0.15, 0.2) is 0 Å². The molecule has 2 rings (SSSR count). The Morgan fingerprint density at radius 3 is 1.36 bits per heavy atom. The van der Waals surface area contributed by atoms with Gasteiger partial charge in [0, 0.05) is 23.6 Å². The number of unbranched alkanes of at least 4 members (excludes halogenated alkanes) is 18. The van der Waals surface area contributed by atoms with Gasteiger partial charge in [0.1, 0.15) is 23.0 Å². The molecule has 0 bridgehead atoms. The van der Waals surface area contributed by atoms with Crippen molar-refractivity contribution in [1.29, 1.82) is 0 Å². The second kappa shape index (κ2) is 27.0. The van der Waals surface area contributed by atoms with E-state index in [1.54, 1.807) is 36.7 Å². The van der Waals surface area contributed by atoms with E-state index in [9.17, 15) is 10.2 Å². The van der Waals surface area contributed by atoms with Crippen LogP contribution in [0.1, 0.15) is 160 Å². The lowest BCUT2D eigenvalue weighted by Gasteiger charge is -2.09. The molecule has 0 radical (unpaired) electrons. The molecule has 47 heavy (non-hydrogen) atoms. The van der Waals surface area contributed by atoms with Gasteiger partial charge in [-0.15, -0.1) is 0 Å². The van der Waals surface area contributed by atoms with Gasteiger partial charge in [-0.3, -0.25) is 9.98 Å². The summed E-state index contributed by atoms with van der Waals surface area (Å²) in [5.41, 5.74) is 1.26. The summed E-state index contributed by atoms with van der Waals surface area (Å²) in [7, 11) is 0. The SMILES string of the molecule is CCCCCCCCCCCCOc1ccc(O)c(C=NCC(C)N=Cc2cc(OCCCCCCCCCCCC)ccc2O)c1. The van der Waals surface area contributed by atoms with E-state index >= 15 is 0 Å². The van der Waals surface area contributed by atoms with E-state index in [1.807, 2.05) is 19.1 Å². The maximum atomic E-state index is 10.3. The van der Waals surface area contributed by atoms with Gasteiger partial charge in [-0.25, -0.2) is 0 Å². The second-order valence-electron chi connectivity index (χ2n) is 13.1. The number of ether oxygens (including phenoxy) is 2. The third kappa shape index (κ3) is 20.1. The molecular weight excluding hydrogens is 584 g/mol. The Balaban J connectivity index is 1.66. The first-order valence-electron chi connectivity index (χ1n) is 19.0. The van der Waals surface area contributed by atoms with E-state index in [-0.39, 0.29) is 17.5 Å². The van der Waals surface area contributed by atoms with E-state index in [2.05, 4.69) is 23.8 Å². The Kier molecular flexibility index (Phi) is 23.1. The maximum Gasteiger partial charge on any atom is 0.124 e. The molecule has 0 amide bonds. The quantitative estimate of drug-likeness (QED) is 0.0678. The molecule has 0 aliphatic heterocycles. The summed E-state index contributed by atoms with van der Waals surface area (Å²) in [6.45, 7) is 8.32. The molecule has 1 atom stereocenters. The number of benzene rings is 2. The van der Waals surface area contributed by atoms with E-state index in [1.165, 1.54) is 116 Å². The summed E-state index contributed by atoms with van der Waals surface area (Å²) in [6, 6.07) is 10.5. The van der Waals surface area contributed by atoms with E-state index in [4.69, 9.17) is 9.47 Å². The van der Waals surface area contributed by atoms with Gasteiger partial charge in [0.05, 0.1) is 25.8 Å². The van der Waals surface area contributed by atoms with Crippen molar-refractivity contribution in [3.63, 3.8) is 0 Å². The number of phenols is 2. The van der Waals surface area contributed by atoms with Crippen LogP contribution in [0.25, 0.3) is 0 Å². The summed E-state index contributed by atoms with van der Waals surface area (Å²) in [5.74, 6) is 1.85. The molecule has 6 heteroatoms. The topological polar surface area (TPSA) is 83.6 Å². The van der Waals surface area contributed by atoms with Crippen molar-refractivity contribution >= 4 is 12.4 Å². The monoisotopic (exact) mass is 651 g/mol. The minimum Gasteiger partial charge on any atom is -0.507 e. The lowest BCUT2D eigenvalue weighted by atomic mass is 10.1. The van der Waals surface area contributed by atoms with Crippen LogP contribution in [0.4, 0.5) is 0 Å². The van der Waals surface area contributed by atoms with Crippen LogP contribution in [0, 0.1) is 0 Å². The molecule has 0 heterocycles. The van der Waals surface area contributed by atoms with Crippen molar-refractivity contribution in [3.05, 3.63) is 47.5 Å². The standard InChI is InChI=1S/C41H66N2O4/c1-4-6-8-10-12-14-16-18-20-22-28-46-38-24-26-40(44)36(30-38)33-42-32-35(3)43-34-37-31-39(25-27-41(37)45)47-29-23-21-19-17-15-13-11-9-7-5-2/h24-27,30-31,33-35,44-45H,4-23,28-29,32H2,1-3H3. The molecule has 2 aromatic rings. The van der Waals surface area contributed by atoms with Crippen molar-refractivity contribution in [1.82, 2.24) is 0 Å². The third-order valence-corrected chi connectivity index (χ3v) is 8.60. The summed E-state index contributed by atoms with van der Waals surface area (Å²) < 4.78 is 11.9. The predicted octanol–water partition coefficient (Wildman–Crippen LogP) is 11.6. The van der Waals surface area contributed by atoms with Gasteiger partial charge in [0.2, 0.25) is 0 Å².